The molecule has 134 valence electrons. The standard InChI is InChI=1S/C18H16FN3O3S/c1-24-14-6-2-12(3-7-14)17-21-22-18(25-17)20-16(23)10-11-26-15-8-4-13(19)5-9-15/h2-9H,10-11H2,1H3,(H,20,22,23). The van der Waals surface area contributed by atoms with E-state index in [1.54, 1.807) is 43.5 Å². The summed E-state index contributed by atoms with van der Waals surface area (Å²) in [5.41, 5.74) is 0.727. The number of nitrogens with zero attached hydrogens (tertiary/aromatic N) is 2. The number of aromatic nitrogens is 2. The molecule has 26 heavy (non-hydrogen) atoms. The van der Waals surface area contributed by atoms with Crippen molar-refractivity contribution < 1.29 is 18.3 Å². The van der Waals surface area contributed by atoms with Crippen LogP contribution < -0.4 is 10.1 Å². The fourth-order valence-electron chi connectivity index (χ4n) is 2.10. The summed E-state index contributed by atoms with van der Waals surface area (Å²) in [6.45, 7) is 0. The number of thioether (sulfide) groups is 1. The monoisotopic (exact) mass is 373 g/mol. The second kappa shape index (κ2) is 8.48. The lowest BCUT2D eigenvalue weighted by molar-refractivity contribution is -0.115. The molecular weight excluding hydrogens is 357 g/mol. The molecule has 1 heterocycles. The van der Waals surface area contributed by atoms with E-state index in [4.69, 9.17) is 9.15 Å². The Bertz CT molecular complexity index is 866. The highest BCUT2D eigenvalue weighted by Crippen LogP contribution is 2.23. The smallest absolute Gasteiger partial charge is 0.322 e. The maximum atomic E-state index is 12.8. The molecule has 0 spiro atoms. The predicted octanol–water partition coefficient (Wildman–Crippen LogP) is 4.01. The molecule has 1 aromatic heterocycles. The van der Waals surface area contributed by atoms with Gasteiger partial charge in [-0.2, -0.15) is 0 Å². The molecule has 1 N–H and O–H groups in total. The molecule has 0 saturated carbocycles. The normalized spacial score (nSPS) is 10.5. The van der Waals surface area contributed by atoms with Crippen LogP contribution in [-0.2, 0) is 4.79 Å². The van der Waals surface area contributed by atoms with Gasteiger partial charge in [-0.05, 0) is 48.5 Å². The van der Waals surface area contributed by atoms with Crippen molar-refractivity contribution in [3.8, 4) is 17.2 Å². The van der Waals surface area contributed by atoms with Gasteiger partial charge < -0.3 is 9.15 Å². The quantitative estimate of drug-likeness (QED) is 0.631. The molecule has 2 aromatic carbocycles. The van der Waals surface area contributed by atoms with E-state index < -0.39 is 0 Å². The van der Waals surface area contributed by atoms with Crippen molar-refractivity contribution in [2.75, 3.05) is 18.2 Å². The number of benzene rings is 2. The third-order valence-electron chi connectivity index (χ3n) is 3.42. The summed E-state index contributed by atoms with van der Waals surface area (Å²) in [6.07, 6.45) is 0.266. The van der Waals surface area contributed by atoms with Gasteiger partial charge in [0.2, 0.25) is 11.8 Å². The molecule has 3 rings (SSSR count). The first-order chi connectivity index (χ1) is 12.6. The van der Waals surface area contributed by atoms with E-state index in [0.717, 1.165) is 16.2 Å². The van der Waals surface area contributed by atoms with Crippen LogP contribution in [0.4, 0.5) is 10.4 Å². The number of halogens is 1. The van der Waals surface area contributed by atoms with E-state index in [1.807, 2.05) is 0 Å². The van der Waals surface area contributed by atoms with Gasteiger partial charge in [-0.3, -0.25) is 10.1 Å². The van der Waals surface area contributed by atoms with Crippen molar-refractivity contribution >= 4 is 23.7 Å². The number of nitrogens with one attached hydrogen (secondary N) is 1. The molecule has 0 fully saturated rings. The van der Waals surface area contributed by atoms with Crippen LogP contribution in [0.5, 0.6) is 5.75 Å². The first-order valence-corrected chi connectivity index (χ1v) is 8.79. The zero-order valence-electron chi connectivity index (χ0n) is 13.9. The van der Waals surface area contributed by atoms with Crippen molar-refractivity contribution in [1.29, 1.82) is 0 Å². The van der Waals surface area contributed by atoms with Gasteiger partial charge in [0, 0.05) is 22.6 Å². The summed E-state index contributed by atoms with van der Waals surface area (Å²) >= 11 is 1.47. The number of ether oxygens (including phenoxy) is 1. The van der Waals surface area contributed by atoms with Gasteiger partial charge in [-0.15, -0.1) is 16.9 Å². The fourth-order valence-corrected chi connectivity index (χ4v) is 2.95. The van der Waals surface area contributed by atoms with Crippen molar-refractivity contribution in [3.05, 3.63) is 54.3 Å². The van der Waals surface area contributed by atoms with Gasteiger partial charge in [0.05, 0.1) is 7.11 Å². The predicted molar refractivity (Wildman–Crippen MR) is 96.7 cm³/mol. The highest BCUT2D eigenvalue weighted by atomic mass is 32.2. The first-order valence-electron chi connectivity index (χ1n) is 7.80. The molecule has 0 bridgehead atoms. The first kappa shape index (κ1) is 17.9. The Morgan fingerprint density at radius 2 is 1.88 bits per heavy atom. The number of anilines is 1. The molecule has 0 atom stereocenters. The summed E-state index contributed by atoms with van der Waals surface area (Å²) in [6, 6.07) is 13.3. The summed E-state index contributed by atoms with van der Waals surface area (Å²) in [5.74, 6) is 1.07. The minimum absolute atomic E-state index is 0.0487. The topological polar surface area (TPSA) is 77.3 Å². The van der Waals surface area contributed by atoms with E-state index in [-0.39, 0.29) is 24.2 Å². The van der Waals surface area contributed by atoms with Gasteiger partial charge in [0.25, 0.3) is 0 Å². The van der Waals surface area contributed by atoms with E-state index in [2.05, 4.69) is 15.5 Å². The second-order valence-corrected chi connectivity index (χ2v) is 6.41. The lowest BCUT2D eigenvalue weighted by Crippen LogP contribution is -2.12. The highest BCUT2D eigenvalue weighted by molar-refractivity contribution is 7.99. The fraction of sp³-hybridized carbons (Fsp3) is 0.167. The number of carbonyl (C=O) groups excluding carboxylic acids is 1. The van der Waals surface area contributed by atoms with E-state index in [0.29, 0.717) is 11.6 Å². The van der Waals surface area contributed by atoms with Crippen LogP contribution in [0.1, 0.15) is 6.42 Å². The van der Waals surface area contributed by atoms with Crippen LogP contribution in [0.3, 0.4) is 0 Å². The largest absolute Gasteiger partial charge is 0.497 e. The molecule has 0 radical (unpaired) electrons. The third kappa shape index (κ3) is 4.82. The highest BCUT2D eigenvalue weighted by Gasteiger charge is 2.11. The summed E-state index contributed by atoms with van der Waals surface area (Å²) < 4.78 is 23.4. The lowest BCUT2D eigenvalue weighted by Gasteiger charge is -2.02. The van der Waals surface area contributed by atoms with Gasteiger partial charge in [-0.25, -0.2) is 4.39 Å². The van der Waals surface area contributed by atoms with Crippen molar-refractivity contribution in [2.45, 2.75) is 11.3 Å². The SMILES string of the molecule is COc1ccc(-c2nnc(NC(=O)CCSc3ccc(F)cc3)o2)cc1. The summed E-state index contributed by atoms with van der Waals surface area (Å²) in [4.78, 5) is 12.9. The Labute approximate surface area is 153 Å². The zero-order valence-corrected chi connectivity index (χ0v) is 14.8. The molecule has 0 saturated heterocycles. The average molecular weight is 373 g/mol. The second-order valence-electron chi connectivity index (χ2n) is 5.24. The van der Waals surface area contributed by atoms with E-state index >= 15 is 0 Å². The Hall–Kier alpha value is -2.87. The molecule has 6 nitrogen and oxygen atoms in total. The lowest BCUT2D eigenvalue weighted by atomic mass is 10.2. The molecule has 0 aliphatic carbocycles. The maximum Gasteiger partial charge on any atom is 0.322 e. The number of carbonyl (C=O) groups is 1. The van der Waals surface area contributed by atoms with Crippen molar-refractivity contribution in [3.63, 3.8) is 0 Å². The number of rotatable bonds is 7. The summed E-state index contributed by atoms with van der Waals surface area (Å²) in [5, 5.41) is 10.3. The maximum absolute atomic E-state index is 12.8. The molecule has 0 aliphatic heterocycles. The minimum atomic E-state index is -0.281. The molecule has 0 unspecified atom stereocenters. The number of hydrogen-bond acceptors (Lipinski definition) is 6. The Morgan fingerprint density at radius 3 is 2.58 bits per heavy atom. The Kier molecular flexibility index (Phi) is 5.85. The Morgan fingerprint density at radius 1 is 1.15 bits per heavy atom. The number of hydrogen-bond donors (Lipinski definition) is 1. The van der Waals surface area contributed by atoms with Crippen LogP contribution in [-0.4, -0.2) is 29.0 Å². The molecule has 3 aromatic rings. The van der Waals surface area contributed by atoms with E-state index in [1.165, 1.54) is 23.9 Å². The summed E-state index contributed by atoms with van der Waals surface area (Å²) in [7, 11) is 1.59. The minimum Gasteiger partial charge on any atom is -0.497 e. The van der Waals surface area contributed by atoms with Crippen LogP contribution in [0.15, 0.2) is 57.8 Å². The van der Waals surface area contributed by atoms with Crippen LogP contribution in [0.2, 0.25) is 0 Å². The van der Waals surface area contributed by atoms with Crippen LogP contribution in [0, 0.1) is 5.82 Å². The molecule has 1 amide bonds. The molecule has 8 heteroatoms. The Balaban J connectivity index is 1.50. The number of amides is 1. The molecular formula is C18H16FN3O3S. The average Bonchev–Trinajstić information content (AvgIpc) is 3.12. The van der Waals surface area contributed by atoms with Crippen LogP contribution >= 0.6 is 11.8 Å². The van der Waals surface area contributed by atoms with Gasteiger partial charge >= 0.3 is 6.01 Å². The number of methoxy groups -OCH3 is 1. The van der Waals surface area contributed by atoms with Gasteiger partial charge in [0.15, 0.2) is 0 Å². The zero-order chi connectivity index (χ0) is 18.4. The van der Waals surface area contributed by atoms with Crippen molar-refractivity contribution in [1.82, 2.24) is 10.2 Å². The van der Waals surface area contributed by atoms with E-state index in [9.17, 15) is 9.18 Å². The third-order valence-corrected chi connectivity index (χ3v) is 4.43. The van der Waals surface area contributed by atoms with Gasteiger partial charge in [0.1, 0.15) is 11.6 Å². The molecule has 0 aliphatic rings. The van der Waals surface area contributed by atoms with Crippen molar-refractivity contribution in [2.24, 2.45) is 0 Å². The van der Waals surface area contributed by atoms with Crippen LogP contribution in [0.25, 0.3) is 11.5 Å². The van der Waals surface area contributed by atoms with Gasteiger partial charge in [-0.1, -0.05) is 5.10 Å².